The van der Waals surface area contributed by atoms with Crippen molar-refractivity contribution in [3.05, 3.63) is 0 Å². The van der Waals surface area contributed by atoms with Gasteiger partial charge in [-0.3, -0.25) is 4.79 Å². The Hall–Kier alpha value is -0.490. The molecule has 0 aliphatic heterocycles. The van der Waals surface area contributed by atoms with Crippen LogP contribution in [0.25, 0.3) is 0 Å². The molecule has 0 aliphatic carbocycles. The maximum atomic E-state index is 10.6. The summed E-state index contributed by atoms with van der Waals surface area (Å²) in [5.74, 6) is 0.984. The first-order valence-corrected chi connectivity index (χ1v) is 7.26. The van der Waals surface area contributed by atoms with Gasteiger partial charge in [0.05, 0.1) is 6.07 Å². The maximum absolute atomic E-state index is 10.6. The molecule has 0 N–H and O–H groups in total. The Morgan fingerprint density at radius 3 is 2.00 bits per heavy atom. The molecule has 3 heteroatoms. The minimum absolute atomic E-state index is 0.234. The molecule has 0 heterocycles. The van der Waals surface area contributed by atoms with E-state index in [1.165, 1.54) is 56.7 Å². The summed E-state index contributed by atoms with van der Waals surface area (Å²) in [5, 5.41) is 8.59. The van der Waals surface area contributed by atoms with Gasteiger partial charge in [0.15, 0.2) is 5.12 Å². The summed E-state index contributed by atoms with van der Waals surface area (Å²) in [4.78, 5) is 10.6. The number of hydrogen-bond acceptors (Lipinski definition) is 3. The van der Waals surface area contributed by atoms with Crippen LogP contribution in [-0.4, -0.2) is 10.9 Å². The Bertz CT molecular complexity index is 210. The number of rotatable bonds is 10. The van der Waals surface area contributed by atoms with E-state index in [4.69, 9.17) is 5.26 Å². The fraction of sp³-hybridized carbons (Fsp3) is 0.846. The van der Waals surface area contributed by atoms with Crippen LogP contribution in [0, 0.1) is 11.3 Å². The van der Waals surface area contributed by atoms with Crippen molar-refractivity contribution in [2.24, 2.45) is 0 Å². The van der Waals surface area contributed by atoms with Crippen LogP contribution in [0.3, 0.4) is 0 Å². The molecule has 2 nitrogen and oxygen atoms in total. The van der Waals surface area contributed by atoms with E-state index in [1.807, 2.05) is 0 Å². The van der Waals surface area contributed by atoms with Gasteiger partial charge >= 0.3 is 0 Å². The molecule has 0 saturated carbocycles. The van der Waals surface area contributed by atoms with Gasteiger partial charge in [-0.25, -0.2) is 0 Å². The molecule has 0 saturated heterocycles. The van der Waals surface area contributed by atoms with E-state index in [0.717, 1.165) is 12.2 Å². The highest BCUT2D eigenvalue weighted by Crippen LogP contribution is 2.11. The summed E-state index contributed by atoms with van der Waals surface area (Å²) in [6, 6.07) is 2.17. The minimum atomic E-state index is 0.234. The van der Waals surface area contributed by atoms with E-state index < -0.39 is 0 Å². The Morgan fingerprint density at radius 2 is 1.50 bits per heavy atom. The first-order valence-electron chi connectivity index (χ1n) is 6.27. The smallest absolute Gasteiger partial charge is 0.185 e. The van der Waals surface area contributed by atoms with Crippen LogP contribution >= 0.6 is 11.8 Å². The van der Waals surface area contributed by atoms with E-state index in [-0.39, 0.29) is 5.12 Å². The number of thioether (sulfide) groups is 1. The predicted octanol–water partition coefficient (Wildman–Crippen LogP) is 4.30. The van der Waals surface area contributed by atoms with Crippen LogP contribution < -0.4 is 0 Å². The third-order valence-electron chi connectivity index (χ3n) is 2.49. The summed E-state index contributed by atoms with van der Waals surface area (Å²) >= 11 is 1.44. The zero-order valence-corrected chi connectivity index (χ0v) is 11.2. The summed E-state index contributed by atoms with van der Waals surface area (Å²) in [7, 11) is 0. The number of nitrogens with zero attached hydrogens (tertiary/aromatic N) is 1. The van der Waals surface area contributed by atoms with Gasteiger partial charge in [-0.05, 0) is 12.8 Å². The second-order valence-corrected chi connectivity index (χ2v) is 5.35. The molecule has 0 amide bonds. The molecule has 0 fully saturated rings. The Morgan fingerprint density at radius 1 is 1.00 bits per heavy atom. The second kappa shape index (κ2) is 12.6. The second-order valence-electron chi connectivity index (χ2n) is 4.08. The molecule has 0 aliphatic rings. The summed E-state index contributed by atoms with van der Waals surface area (Å²) in [5.41, 5.74) is 0. The van der Waals surface area contributed by atoms with Crippen molar-refractivity contribution in [3.8, 4) is 6.07 Å². The first-order chi connectivity index (χ1) is 7.77. The van der Waals surface area contributed by atoms with Crippen molar-refractivity contribution < 1.29 is 4.79 Å². The lowest BCUT2D eigenvalue weighted by Gasteiger charge is -2.00. The standard InChI is InChI=1S/C13H23NOS/c1-13(15)16-12-10-8-6-4-2-3-5-7-9-11-14/h2-10,12H2,1H3. The maximum Gasteiger partial charge on any atom is 0.185 e. The molecule has 0 radical (unpaired) electrons. The van der Waals surface area contributed by atoms with E-state index in [0.29, 0.717) is 6.42 Å². The Balaban J connectivity index is 2.94. The highest BCUT2D eigenvalue weighted by molar-refractivity contribution is 8.13. The summed E-state index contributed by atoms with van der Waals surface area (Å²) < 4.78 is 0. The average Bonchev–Trinajstić information content (AvgIpc) is 2.25. The van der Waals surface area contributed by atoms with Gasteiger partial charge in [-0.2, -0.15) is 5.26 Å². The lowest BCUT2D eigenvalue weighted by atomic mass is 10.1. The van der Waals surface area contributed by atoms with Gasteiger partial charge in [-0.1, -0.05) is 50.3 Å². The molecular weight excluding hydrogens is 218 g/mol. The monoisotopic (exact) mass is 241 g/mol. The third kappa shape index (κ3) is 13.5. The number of hydrogen-bond donors (Lipinski definition) is 0. The fourth-order valence-corrected chi connectivity index (χ4v) is 2.22. The van der Waals surface area contributed by atoms with Gasteiger partial charge in [0.2, 0.25) is 0 Å². The average molecular weight is 241 g/mol. The van der Waals surface area contributed by atoms with Crippen LogP contribution in [0.2, 0.25) is 0 Å². The zero-order valence-electron chi connectivity index (χ0n) is 10.3. The zero-order chi connectivity index (χ0) is 12.1. The number of unbranched alkanes of at least 4 members (excludes halogenated alkanes) is 8. The van der Waals surface area contributed by atoms with Crippen molar-refractivity contribution in [1.82, 2.24) is 0 Å². The van der Waals surface area contributed by atoms with Crippen molar-refractivity contribution in [3.63, 3.8) is 0 Å². The Labute approximate surface area is 104 Å². The van der Waals surface area contributed by atoms with Crippen LogP contribution in [-0.2, 0) is 4.79 Å². The van der Waals surface area contributed by atoms with Crippen molar-refractivity contribution in [2.75, 3.05) is 5.75 Å². The summed E-state index contributed by atoms with van der Waals surface area (Å²) in [6.45, 7) is 1.63. The minimum Gasteiger partial charge on any atom is -0.288 e. The lowest BCUT2D eigenvalue weighted by Crippen LogP contribution is -1.87. The van der Waals surface area contributed by atoms with Gasteiger partial charge < -0.3 is 0 Å². The van der Waals surface area contributed by atoms with Crippen LogP contribution in [0.1, 0.15) is 64.7 Å². The topological polar surface area (TPSA) is 40.9 Å². The first kappa shape index (κ1) is 15.5. The molecule has 0 bridgehead atoms. The quantitative estimate of drug-likeness (QED) is 0.535. The lowest BCUT2D eigenvalue weighted by molar-refractivity contribution is -0.109. The van der Waals surface area contributed by atoms with Crippen LogP contribution in [0.5, 0.6) is 0 Å². The summed E-state index contributed by atoms with van der Waals surface area (Å²) in [6.07, 6.45) is 10.5. The molecule has 0 unspecified atom stereocenters. The van der Waals surface area contributed by atoms with Gasteiger partial charge in [0, 0.05) is 19.1 Å². The number of carbonyl (C=O) groups excluding carboxylic acids is 1. The van der Waals surface area contributed by atoms with Gasteiger partial charge in [0.25, 0.3) is 0 Å². The van der Waals surface area contributed by atoms with Crippen molar-refractivity contribution >= 4 is 16.9 Å². The predicted molar refractivity (Wildman–Crippen MR) is 70.3 cm³/mol. The molecular formula is C13H23NOS. The van der Waals surface area contributed by atoms with E-state index >= 15 is 0 Å². The fourth-order valence-electron chi connectivity index (χ4n) is 1.58. The van der Waals surface area contributed by atoms with Crippen molar-refractivity contribution in [1.29, 1.82) is 5.26 Å². The van der Waals surface area contributed by atoms with E-state index in [2.05, 4.69) is 6.07 Å². The number of carbonyl (C=O) groups is 1. The molecule has 16 heavy (non-hydrogen) atoms. The molecule has 0 atom stereocenters. The van der Waals surface area contributed by atoms with Gasteiger partial charge in [0.1, 0.15) is 0 Å². The number of nitriles is 1. The SMILES string of the molecule is CC(=O)SCCCCCCCCCCC#N. The van der Waals surface area contributed by atoms with E-state index in [1.54, 1.807) is 6.92 Å². The normalized spacial score (nSPS) is 10.0. The Kier molecular flexibility index (Phi) is 12.2. The van der Waals surface area contributed by atoms with Crippen LogP contribution in [0.15, 0.2) is 0 Å². The molecule has 0 aromatic carbocycles. The molecule has 0 spiro atoms. The van der Waals surface area contributed by atoms with Gasteiger partial charge in [-0.15, -0.1) is 0 Å². The van der Waals surface area contributed by atoms with E-state index in [9.17, 15) is 4.79 Å². The molecule has 0 aromatic rings. The molecule has 0 rings (SSSR count). The highest BCUT2D eigenvalue weighted by atomic mass is 32.2. The highest BCUT2D eigenvalue weighted by Gasteiger charge is 1.95. The third-order valence-corrected chi connectivity index (χ3v) is 3.39. The van der Waals surface area contributed by atoms with Crippen LogP contribution in [0.4, 0.5) is 0 Å². The largest absolute Gasteiger partial charge is 0.288 e. The molecule has 92 valence electrons. The van der Waals surface area contributed by atoms with Crippen molar-refractivity contribution in [2.45, 2.75) is 64.7 Å². The molecule has 0 aromatic heterocycles.